The summed E-state index contributed by atoms with van der Waals surface area (Å²) < 4.78 is 11.1. The lowest BCUT2D eigenvalue weighted by molar-refractivity contribution is -0.0486. The molecule has 0 radical (unpaired) electrons. The van der Waals surface area contributed by atoms with Gasteiger partial charge < -0.3 is 14.4 Å². The minimum Gasteiger partial charge on any atom is -0.497 e. The van der Waals surface area contributed by atoms with Gasteiger partial charge in [-0.15, -0.1) is 0 Å². The van der Waals surface area contributed by atoms with Crippen molar-refractivity contribution in [3.63, 3.8) is 0 Å². The van der Waals surface area contributed by atoms with Gasteiger partial charge in [-0.05, 0) is 43.7 Å². The molecule has 126 valence electrons. The highest BCUT2D eigenvalue weighted by atomic mass is 16.5. The third kappa shape index (κ3) is 3.44. The minimum absolute atomic E-state index is 0.0595. The average molecular weight is 325 g/mol. The summed E-state index contributed by atoms with van der Waals surface area (Å²) in [6, 6.07) is 15.6. The third-order valence-corrected chi connectivity index (χ3v) is 4.48. The lowest BCUT2D eigenvalue weighted by Gasteiger charge is -2.38. The zero-order valence-electron chi connectivity index (χ0n) is 14.4. The van der Waals surface area contributed by atoms with Crippen LogP contribution >= 0.6 is 0 Å². The topological polar surface area (TPSA) is 38.8 Å². The summed E-state index contributed by atoms with van der Waals surface area (Å²) in [5.74, 6) is 0.875. The number of aryl methyl sites for hydroxylation is 1. The Morgan fingerprint density at radius 2 is 1.79 bits per heavy atom. The van der Waals surface area contributed by atoms with Gasteiger partial charge in [-0.1, -0.05) is 29.8 Å². The molecule has 1 aliphatic rings. The van der Waals surface area contributed by atoms with E-state index in [9.17, 15) is 4.79 Å². The SMILES string of the molecule is COc1ccc(C2CN(C(=O)c3ccc(C)cc3)C(C)CO2)cc1. The van der Waals surface area contributed by atoms with Crippen molar-refractivity contribution in [3.05, 3.63) is 65.2 Å². The molecule has 1 fully saturated rings. The van der Waals surface area contributed by atoms with Crippen LogP contribution in [0, 0.1) is 6.92 Å². The molecule has 0 aliphatic carbocycles. The quantitative estimate of drug-likeness (QED) is 0.865. The Morgan fingerprint density at radius 3 is 2.42 bits per heavy atom. The molecule has 3 rings (SSSR count). The average Bonchev–Trinajstić information content (AvgIpc) is 2.62. The molecule has 1 saturated heterocycles. The number of hydrogen-bond acceptors (Lipinski definition) is 3. The van der Waals surface area contributed by atoms with Crippen molar-refractivity contribution in [3.8, 4) is 5.75 Å². The summed E-state index contributed by atoms with van der Waals surface area (Å²) in [5, 5.41) is 0. The normalized spacial score (nSPS) is 20.7. The van der Waals surface area contributed by atoms with Crippen molar-refractivity contribution in [2.75, 3.05) is 20.3 Å². The predicted octanol–water partition coefficient (Wildman–Crippen LogP) is 3.61. The molecule has 1 amide bonds. The summed E-state index contributed by atoms with van der Waals surface area (Å²) >= 11 is 0. The van der Waals surface area contributed by atoms with Gasteiger partial charge in [0.05, 0.1) is 26.3 Å². The number of methoxy groups -OCH3 is 1. The number of carbonyl (C=O) groups is 1. The molecule has 2 aromatic carbocycles. The van der Waals surface area contributed by atoms with E-state index in [-0.39, 0.29) is 18.1 Å². The van der Waals surface area contributed by atoms with Gasteiger partial charge in [0.2, 0.25) is 0 Å². The van der Waals surface area contributed by atoms with Crippen LogP contribution < -0.4 is 4.74 Å². The highest BCUT2D eigenvalue weighted by Gasteiger charge is 2.31. The van der Waals surface area contributed by atoms with Gasteiger partial charge in [-0.2, -0.15) is 0 Å². The summed E-state index contributed by atoms with van der Waals surface area (Å²) in [7, 11) is 1.65. The van der Waals surface area contributed by atoms with Gasteiger partial charge in [0.1, 0.15) is 11.9 Å². The molecular weight excluding hydrogens is 302 g/mol. The minimum atomic E-state index is -0.110. The molecule has 0 spiro atoms. The summed E-state index contributed by atoms with van der Waals surface area (Å²) in [4.78, 5) is 14.8. The molecule has 2 aromatic rings. The number of nitrogens with zero attached hydrogens (tertiary/aromatic N) is 1. The number of morpholine rings is 1. The van der Waals surface area contributed by atoms with Crippen molar-refractivity contribution < 1.29 is 14.3 Å². The van der Waals surface area contributed by atoms with Crippen LogP contribution in [-0.4, -0.2) is 37.1 Å². The Morgan fingerprint density at radius 1 is 1.12 bits per heavy atom. The Bertz CT molecular complexity index is 694. The van der Waals surface area contributed by atoms with Crippen molar-refractivity contribution in [1.82, 2.24) is 4.90 Å². The maximum Gasteiger partial charge on any atom is 0.254 e. The molecule has 0 bridgehead atoms. The zero-order valence-corrected chi connectivity index (χ0v) is 14.4. The van der Waals surface area contributed by atoms with Crippen LogP contribution in [0.2, 0.25) is 0 Å². The predicted molar refractivity (Wildman–Crippen MR) is 93.4 cm³/mol. The summed E-state index contributed by atoms with van der Waals surface area (Å²) in [5.41, 5.74) is 2.94. The van der Waals surface area contributed by atoms with Crippen LogP contribution in [-0.2, 0) is 4.74 Å². The Labute approximate surface area is 143 Å². The van der Waals surface area contributed by atoms with E-state index in [4.69, 9.17) is 9.47 Å². The smallest absolute Gasteiger partial charge is 0.254 e. The van der Waals surface area contributed by atoms with Crippen molar-refractivity contribution in [2.45, 2.75) is 26.0 Å². The second-order valence-electron chi connectivity index (χ2n) is 6.27. The maximum absolute atomic E-state index is 12.8. The Balaban J connectivity index is 1.77. The first kappa shape index (κ1) is 16.5. The van der Waals surface area contributed by atoms with Crippen LogP contribution in [0.1, 0.15) is 34.5 Å². The maximum atomic E-state index is 12.8. The van der Waals surface area contributed by atoms with E-state index >= 15 is 0 Å². The number of ether oxygens (including phenoxy) is 2. The number of hydrogen-bond donors (Lipinski definition) is 0. The first-order valence-electron chi connectivity index (χ1n) is 8.21. The van der Waals surface area contributed by atoms with Crippen molar-refractivity contribution >= 4 is 5.91 Å². The van der Waals surface area contributed by atoms with Gasteiger partial charge in [-0.25, -0.2) is 0 Å². The van der Waals surface area contributed by atoms with E-state index in [2.05, 4.69) is 0 Å². The molecule has 0 saturated carbocycles. The van der Waals surface area contributed by atoms with E-state index in [1.165, 1.54) is 0 Å². The van der Waals surface area contributed by atoms with Gasteiger partial charge in [0, 0.05) is 5.56 Å². The molecule has 4 nitrogen and oxygen atoms in total. The lowest BCUT2D eigenvalue weighted by atomic mass is 10.0. The Hall–Kier alpha value is -2.33. The molecule has 2 atom stereocenters. The summed E-state index contributed by atoms with van der Waals surface area (Å²) in [6.07, 6.45) is -0.110. The fraction of sp³-hybridized carbons (Fsp3) is 0.350. The highest BCUT2D eigenvalue weighted by Crippen LogP contribution is 2.27. The standard InChI is InChI=1S/C20H23NO3/c1-14-4-6-17(7-5-14)20(22)21-12-19(24-13-15(21)2)16-8-10-18(23-3)11-9-16/h4-11,15,19H,12-13H2,1-3H3. The van der Waals surface area contributed by atoms with Gasteiger partial charge in [0.25, 0.3) is 5.91 Å². The van der Waals surface area contributed by atoms with E-state index < -0.39 is 0 Å². The molecule has 1 aliphatic heterocycles. The van der Waals surface area contributed by atoms with Gasteiger partial charge in [-0.3, -0.25) is 4.79 Å². The first-order valence-corrected chi connectivity index (χ1v) is 8.21. The van der Waals surface area contributed by atoms with Crippen LogP contribution in [0.4, 0.5) is 0 Å². The van der Waals surface area contributed by atoms with Crippen molar-refractivity contribution in [2.24, 2.45) is 0 Å². The fourth-order valence-corrected chi connectivity index (χ4v) is 2.92. The largest absolute Gasteiger partial charge is 0.497 e. The summed E-state index contributed by atoms with van der Waals surface area (Å²) in [6.45, 7) is 5.14. The van der Waals surface area contributed by atoms with E-state index in [0.717, 1.165) is 22.4 Å². The second-order valence-corrected chi connectivity index (χ2v) is 6.27. The van der Waals surface area contributed by atoms with Crippen LogP contribution in [0.5, 0.6) is 5.75 Å². The van der Waals surface area contributed by atoms with Gasteiger partial charge >= 0.3 is 0 Å². The monoisotopic (exact) mass is 325 g/mol. The molecule has 24 heavy (non-hydrogen) atoms. The van der Waals surface area contributed by atoms with Crippen LogP contribution in [0.3, 0.4) is 0 Å². The number of rotatable bonds is 3. The molecule has 0 N–H and O–H groups in total. The molecule has 1 heterocycles. The van der Waals surface area contributed by atoms with E-state index in [1.54, 1.807) is 7.11 Å². The Kier molecular flexibility index (Phi) is 4.86. The number of benzene rings is 2. The molecule has 4 heteroatoms. The van der Waals surface area contributed by atoms with Crippen LogP contribution in [0.25, 0.3) is 0 Å². The van der Waals surface area contributed by atoms with Gasteiger partial charge in [0.15, 0.2) is 0 Å². The van der Waals surface area contributed by atoms with Crippen LogP contribution in [0.15, 0.2) is 48.5 Å². The number of amides is 1. The van der Waals surface area contributed by atoms with Crippen molar-refractivity contribution in [1.29, 1.82) is 0 Å². The fourth-order valence-electron chi connectivity index (χ4n) is 2.92. The first-order chi connectivity index (χ1) is 11.6. The molecule has 2 unspecified atom stereocenters. The molecular formula is C20H23NO3. The second kappa shape index (κ2) is 7.05. The number of carbonyl (C=O) groups excluding carboxylic acids is 1. The molecule has 0 aromatic heterocycles. The van der Waals surface area contributed by atoms with E-state index in [0.29, 0.717) is 13.2 Å². The highest BCUT2D eigenvalue weighted by molar-refractivity contribution is 5.94. The zero-order chi connectivity index (χ0) is 17.1. The third-order valence-electron chi connectivity index (χ3n) is 4.48. The lowest BCUT2D eigenvalue weighted by Crippen LogP contribution is -2.48. The van der Waals surface area contributed by atoms with E-state index in [1.807, 2.05) is 67.3 Å².